The minimum atomic E-state index is -0.186. The quantitative estimate of drug-likeness (QED) is 0.850. The van der Waals surface area contributed by atoms with Gasteiger partial charge in [0.25, 0.3) is 0 Å². The fraction of sp³-hybridized carbons (Fsp3) is 0.500. The van der Waals surface area contributed by atoms with Crippen LogP contribution in [0, 0.1) is 6.92 Å². The third-order valence-electron chi connectivity index (χ3n) is 3.83. The van der Waals surface area contributed by atoms with Gasteiger partial charge in [-0.15, -0.1) is 0 Å². The Morgan fingerprint density at radius 2 is 2.18 bits per heavy atom. The van der Waals surface area contributed by atoms with Crippen LogP contribution in [0.1, 0.15) is 31.4 Å². The van der Waals surface area contributed by atoms with Crippen molar-refractivity contribution in [2.24, 2.45) is 0 Å². The number of aryl methyl sites for hydroxylation is 1. The molecule has 0 spiro atoms. The maximum Gasteiger partial charge on any atom is 0.221 e. The average Bonchev–Trinajstić information content (AvgIpc) is 2.53. The first kappa shape index (κ1) is 12.0. The number of hydrogen-bond donors (Lipinski definition) is 1. The van der Waals surface area contributed by atoms with E-state index in [-0.39, 0.29) is 17.4 Å². The second-order valence-corrected chi connectivity index (χ2v) is 5.09. The van der Waals surface area contributed by atoms with Gasteiger partial charge in [0.1, 0.15) is 5.75 Å². The van der Waals surface area contributed by atoms with Crippen LogP contribution in [0.4, 0.5) is 0 Å². The summed E-state index contributed by atoms with van der Waals surface area (Å²) in [5.74, 6) is 0.977. The first-order valence-electron chi connectivity index (χ1n) is 5.92. The molecule has 0 aliphatic carbocycles. The molecule has 1 fully saturated rings. The fourth-order valence-electron chi connectivity index (χ4n) is 2.54. The zero-order valence-electron chi connectivity index (χ0n) is 10.8. The van der Waals surface area contributed by atoms with Gasteiger partial charge in [0.15, 0.2) is 0 Å². The third-order valence-corrected chi connectivity index (χ3v) is 3.83. The van der Waals surface area contributed by atoms with E-state index in [1.165, 1.54) is 5.56 Å². The number of nitrogens with one attached hydrogen (secondary N) is 1. The lowest BCUT2D eigenvalue weighted by atomic mass is 9.76. The Labute approximate surface area is 102 Å². The highest BCUT2D eigenvalue weighted by Crippen LogP contribution is 2.40. The molecule has 3 nitrogen and oxygen atoms in total. The lowest BCUT2D eigenvalue weighted by molar-refractivity contribution is -0.119. The van der Waals surface area contributed by atoms with E-state index in [2.05, 4.69) is 25.2 Å². The minimum absolute atomic E-state index is 0.114. The maximum atomic E-state index is 11.6. The number of carbonyl (C=O) groups is 1. The zero-order chi connectivity index (χ0) is 12.6. The van der Waals surface area contributed by atoms with Crippen molar-refractivity contribution in [2.45, 2.75) is 38.6 Å². The molecule has 1 heterocycles. The average molecular weight is 233 g/mol. The number of carbonyl (C=O) groups excluding carboxylic acids is 1. The van der Waals surface area contributed by atoms with E-state index in [1.807, 2.05) is 19.1 Å². The first-order chi connectivity index (χ1) is 7.97. The Kier molecular flexibility index (Phi) is 2.86. The predicted octanol–water partition coefficient (Wildman–Crippen LogP) is 2.17. The summed E-state index contributed by atoms with van der Waals surface area (Å²) in [4.78, 5) is 11.6. The monoisotopic (exact) mass is 233 g/mol. The van der Waals surface area contributed by atoms with E-state index in [4.69, 9.17) is 4.74 Å². The second kappa shape index (κ2) is 4.06. The molecular weight excluding hydrogens is 214 g/mol. The SMILES string of the molecule is COc1ccc(C)cc1C1(C)CC(=O)NC1C. The van der Waals surface area contributed by atoms with Crippen LogP contribution >= 0.6 is 0 Å². The number of methoxy groups -OCH3 is 1. The van der Waals surface area contributed by atoms with Crippen molar-refractivity contribution in [3.63, 3.8) is 0 Å². The Hall–Kier alpha value is -1.51. The molecule has 1 saturated heterocycles. The Morgan fingerprint density at radius 1 is 1.47 bits per heavy atom. The molecule has 2 unspecified atom stereocenters. The highest BCUT2D eigenvalue weighted by atomic mass is 16.5. The Morgan fingerprint density at radius 3 is 2.71 bits per heavy atom. The van der Waals surface area contributed by atoms with Gasteiger partial charge in [-0.3, -0.25) is 4.79 Å². The molecule has 1 N–H and O–H groups in total. The molecule has 1 amide bonds. The summed E-state index contributed by atoms with van der Waals surface area (Å²) in [6.07, 6.45) is 0.522. The van der Waals surface area contributed by atoms with Crippen molar-refractivity contribution in [2.75, 3.05) is 7.11 Å². The summed E-state index contributed by atoms with van der Waals surface area (Å²) in [5.41, 5.74) is 2.12. The molecule has 0 aromatic heterocycles. The van der Waals surface area contributed by atoms with Crippen molar-refractivity contribution in [3.8, 4) is 5.75 Å². The van der Waals surface area contributed by atoms with E-state index >= 15 is 0 Å². The summed E-state index contributed by atoms with van der Waals surface area (Å²) >= 11 is 0. The van der Waals surface area contributed by atoms with Crippen molar-refractivity contribution >= 4 is 5.91 Å². The van der Waals surface area contributed by atoms with Crippen LogP contribution in [-0.2, 0) is 10.2 Å². The molecule has 92 valence electrons. The van der Waals surface area contributed by atoms with E-state index < -0.39 is 0 Å². The largest absolute Gasteiger partial charge is 0.496 e. The lowest BCUT2D eigenvalue weighted by Gasteiger charge is -2.30. The van der Waals surface area contributed by atoms with Crippen LogP contribution in [0.15, 0.2) is 18.2 Å². The third kappa shape index (κ3) is 1.90. The van der Waals surface area contributed by atoms with Gasteiger partial charge < -0.3 is 10.1 Å². The minimum Gasteiger partial charge on any atom is -0.496 e. The summed E-state index contributed by atoms with van der Waals surface area (Å²) in [7, 11) is 1.67. The normalized spacial score (nSPS) is 28.0. The Bertz CT molecular complexity index is 456. The molecule has 17 heavy (non-hydrogen) atoms. The van der Waals surface area contributed by atoms with Gasteiger partial charge in [0.2, 0.25) is 5.91 Å². The molecule has 2 atom stereocenters. The molecule has 1 aromatic carbocycles. The van der Waals surface area contributed by atoms with Crippen LogP contribution in [0.25, 0.3) is 0 Å². The predicted molar refractivity (Wildman–Crippen MR) is 67.3 cm³/mol. The second-order valence-electron chi connectivity index (χ2n) is 5.09. The van der Waals surface area contributed by atoms with Crippen molar-refractivity contribution in [1.29, 1.82) is 0 Å². The number of benzene rings is 1. The van der Waals surface area contributed by atoms with Crippen molar-refractivity contribution in [3.05, 3.63) is 29.3 Å². The topological polar surface area (TPSA) is 38.3 Å². The highest BCUT2D eigenvalue weighted by Gasteiger charge is 2.43. The molecule has 1 aliphatic rings. The summed E-state index contributed by atoms with van der Waals surface area (Å²) in [6.45, 7) is 6.22. The fourth-order valence-corrected chi connectivity index (χ4v) is 2.54. The number of rotatable bonds is 2. The first-order valence-corrected chi connectivity index (χ1v) is 5.92. The summed E-state index contributed by atoms with van der Waals surface area (Å²) in [6, 6.07) is 6.26. The molecule has 0 radical (unpaired) electrons. The van der Waals surface area contributed by atoms with Gasteiger partial charge in [-0.05, 0) is 19.9 Å². The van der Waals surface area contributed by atoms with Crippen LogP contribution in [0.3, 0.4) is 0 Å². The standard InChI is InChI=1S/C14H19NO2/c1-9-5-6-12(17-4)11(7-9)14(3)8-13(16)15-10(14)2/h5-7,10H,8H2,1-4H3,(H,15,16). The van der Waals surface area contributed by atoms with Gasteiger partial charge in [-0.1, -0.05) is 24.6 Å². The highest BCUT2D eigenvalue weighted by molar-refractivity contribution is 5.81. The van der Waals surface area contributed by atoms with E-state index in [0.29, 0.717) is 6.42 Å². The van der Waals surface area contributed by atoms with E-state index in [9.17, 15) is 4.79 Å². The smallest absolute Gasteiger partial charge is 0.221 e. The molecule has 0 bridgehead atoms. The molecule has 0 saturated carbocycles. The van der Waals surface area contributed by atoms with Gasteiger partial charge >= 0.3 is 0 Å². The lowest BCUT2D eigenvalue weighted by Crippen LogP contribution is -2.35. The number of amides is 1. The van der Waals surface area contributed by atoms with Crippen LogP contribution in [-0.4, -0.2) is 19.1 Å². The molecule has 2 rings (SSSR count). The van der Waals surface area contributed by atoms with Crippen LogP contribution in [0.2, 0.25) is 0 Å². The van der Waals surface area contributed by atoms with Crippen LogP contribution in [0.5, 0.6) is 5.75 Å². The van der Waals surface area contributed by atoms with Gasteiger partial charge in [0, 0.05) is 23.4 Å². The van der Waals surface area contributed by atoms with Crippen molar-refractivity contribution in [1.82, 2.24) is 5.32 Å². The van der Waals surface area contributed by atoms with Gasteiger partial charge in [-0.2, -0.15) is 0 Å². The molecule has 1 aromatic rings. The number of ether oxygens (including phenoxy) is 1. The molecular formula is C14H19NO2. The molecule has 3 heteroatoms. The van der Waals surface area contributed by atoms with Crippen LogP contribution < -0.4 is 10.1 Å². The maximum absolute atomic E-state index is 11.6. The van der Waals surface area contributed by atoms with E-state index in [1.54, 1.807) is 7.11 Å². The van der Waals surface area contributed by atoms with E-state index in [0.717, 1.165) is 11.3 Å². The van der Waals surface area contributed by atoms with Gasteiger partial charge in [0.05, 0.1) is 7.11 Å². The van der Waals surface area contributed by atoms with Crippen molar-refractivity contribution < 1.29 is 9.53 Å². The van der Waals surface area contributed by atoms with Gasteiger partial charge in [-0.25, -0.2) is 0 Å². The summed E-state index contributed by atoms with van der Waals surface area (Å²) < 4.78 is 5.42. The summed E-state index contributed by atoms with van der Waals surface area (Å²) in [5, 5.41) is 2.98. The Balaban J connectivity index is 2.52. The zero-order valence-corrected chi connectivity index (χ0v) is 10.8. The molecule has 1 aliphatic heterocycles. The number of hydrogen-bond acceptors (Lipinski definition) is 2.